The van der Waals surface area contributed by atoms with Gasteiger partial charge in [-0.1, -0.05) is 18.2 Å². The molecule has 5 nitrogen and oxygen atoms in total. The Kier molecular flexibility index (Phi) is 14.3. The Bertz CT molecular complexity index is 497. The van der Waals surface area contributed by atoms with Crippen molar-refractivity contribution in [2.45, 2.75) is 25.8 Å². The van der Waals surface area contributed by atoms with E-state index in [1.54, 1.807) is 0 Å². The molecule has 0 aliphatic carbocycles. The molecule has 146 valence electrons. The molecule has 0 spiro atoms. The number of nitrogens with two attached hydrogens (primary N) is 1. The van der Waals surface area contributed by atoms with Crippen LogP contribution in [-0.2, 0) is 11.2 Å². The number of nitrogens with one attached hydrogen (secondary N) is 1. The highest BCUT2D eigenvalue weighted by Gasteiger charge is 2.19. The Morgan fingerprint density at radius 1 is 1.16 bits per heavy atom. The topological polar surface area (TPSA) is 61.6 Å². The highest BCUT2D eigenvalue weighted by molar-refractivity contribution is 5.86. The lowest BCUT2D eigenvalue weighted by atomic mass is 10.1. The Balaban J connectivity index is 0. The van der Waals surface area contributed by atoms with Gasteiger partial charge >= 0.3 is 0 Å². The standard InChI is InChI=1S/C17H28N4O.3ClH/c1-14(21-11-9-20(2)10-12-21)13-19-17(22)8-7-15-5-3-4-6-16(15)18;;;/h3-6,14H,7-13,18H2,1-2H3,(H,19,22);3*1H. The minimum absolute atomic E-state index is 0. The van der Waals surface area contributed by atoms with E-state index in [9.17, 15) is 4.79 Å². The van der Waals surface area contributed by atoms with E-state index in [0.717, 1.165) is 37.4 Å². The number of carbonyl (C=O) groups is 1. The van der Waals surface area contributed by atoms with Crippen LogP contribution in [0.4, 0.5) is 5.69 Å². The first-order chi connectivity index (χ1) is 10.6. The van der Waals surface area contributed by atoms with Gasteiger partial charge in [-0.25, -0.2) is 0 Å². The predicted molar refractivity (Wildman–Crippen MR) is 112 cm³/mol. The van der Waals surface area contributed by atoms with Crippen LogP contribution >= 0.6 is 37.2 Å². The summed E-state index contributed by atoms with van der Waals surface area (Å²) < 4.78 is 0. The predicted octanol–water partition coefficient (Wildman–Crippen LogP) is 2.22. The SMILES string of the molecule is CC(CNC(=O)CCc1ccccc1N)N1CCN(C)CC1.Cl.Cl.Cl. The molecule has 1 heterocycles. The maximum atomic E-state index is 12.0. The number of likely N-dealkylation sites (N-methyl/N-ethyl adjacent to an activating group) is 1. The van der Waals surface area contributed by atoms with E-state index in [1.807, 2.05) is 24.3 Å². The fourth-order valence-corrected chi connectivity index (χ4v) is 2.75. The quantitative estimate of drug-likeness (QED) is 0.702. The van der Waals surface area contributed by atoms with E-state index in [2.05, 4.69) is 29.1 Å². The summed E-state index contributed by atoms with van der Waals surface area (Å²) >= 11 is 0. The van der Waals surface area contributed by atoms with Crippen molar-refractivity contribution in [3.63, 3.8) is 0 Å². The number of aryl methyl sites for hydroxylation is 1. The van der Waals surface area contributed by atoms with E-state index in [1.165, 1.54) is 0 Å². The number of nitrogen functional groups attached to an aromatic ring is 1. The molecule has 0 radical (unpaired) electrons. The summed E-state index contributed by atoms with van der Waals surface area (Å²) in [5.74, 6) is 0.101. The molecule has 3 N–H and O–H groups in total. The number of para-hydroxylation sites is 1. The Hall–Kier alpha value is -0.720. The third kappa shape index (κ3) is 8.97. The molecule has 1 fully saturated rings. The van der Waals surface area contributed by atoms with Gasteiger partial charge in [-0.05, 0) is 32.0 Å². The van der Waals surface area contributed by atoms with Gasteiger partial charge < -0.3 is 16.0 Å². The van der Waals surface area contributed by atoms with Crippen molar-refractivity contribution in [1.29, 1.82) is 0 Å². The van der Waals surface area contributed by atoms with Crippen LogP contribution in [0.5, 0.6) is 0 Å². The molecule has 1 atom stereocenters. The van der Waals surface area contributed by atoms with Gasteiger partial charge in [-0.15, -0.1) is 37.2 Å². The molecular weight excluding hydrogens is 383 g/mol. The average molecular weight is 414 g/mol. The van der Waals surface area contributed by atoms with Crippen LogP contribution in [0.2, 0.25) is 0 Å². The first kappa shape index (κ1) is 26.5. The van der Waals surface area contributed by atoms with E-state index >= 15 is 0 Å². The summed E-state index contributed by atoms with van der Waals surface area (Å²) in [5.41, 5.74) is 7.71. The van der Waals surface area contributed by atoms with E-state index in [4.69, 9.17) is 5.73 Å². The fraction of sp³-hybridized carbons (Fsp3) is 0.588. The van der Waals surface area contributed by atoms with Gasteiger partial charge in [-0.3, -0.25) is 9.69 Å². The third-order valence-electron chi connectivity index (χ3n) is 4.43. The van der Waals surface area contributed by atoms with Gasteiger partial charge in [-0.2, -0.15) is 0 Å². The van der Waals surface area contributed by atoms with Crippen molar-refractivity contribution < 1.29 is 4.79 Å². The number of halogens is 3. The number of benzene rings is 1. The molecule has 1 unspecified atom stereocenters. The number of hydrogen-bond acceptors (Lipinski definition) is 4. The van der Waals surface area contributed by atoms with Crippen molar-refractivity contribution in [2.75, 3.05) is 45.5 Å². The Morgan fingerprint density at radius 3 is 2.36 bits per heavy atom. The summed E-state index contributed by atoms with van der Waals surface area (Å²) in [5, 5.41) is 3.05. The largest absolute Gasteiger partial charge is 0.399 e. The molecule has 1 saturated heterocycles. The van der Waals surface area contributed by atoms with Crippen LogP contribution in [0.3, 0.4) is 0 Å². The smallest absolute Gasteiger partial charge is 0.220 e. The van der Waals surface area contributed by atoms with Crippen molar-refractivity contribution in [2.24, 2.45) is 0 Å². The molecular formula is C17H31Cl3N4O. The van der Waals surface area contributed by atoms with E-state index < -0.39 is 0 Å². The third-order valence-corrected chi connectivity index (χ3v) is 4.43. The monoisotopic (exact) mass is 412 g/mol. The molecule has 1 aromatic carbocycles. The van der Waals surface area contributed by atoms with Gasteiger partial charge in [0.05, 0.1) is 0 Å². The second-order valence-electron chi connectivity index (χ2n) is 6.19. The van der Waals surface area contributed by atoms with E-state index in [0.29, 0.717) is 25.4 Å². The second kappa shape index (κ2) is 13.5. The molecule has 0 aromatic heterocycles. The van der Waals surface area contributed by atoms with Crippen molar-refractivity contribution in [3.05, 3.63) is 29.8 Å². The molecule has 1 aliphatic rings. The zero-order valence-electron chi connectivity index (χ0n) is 14.9. The molecule has 1 aromatic rings. The van der Waals surface area contributed by atoms with Crippen LogP contribution in [0.15, 0.2) is 24.3 Å². The lowest BCUT2D eigenvalue weighted by Gasteiger charge is -2.36. The lowest BCUT2D eigenvalue weighted by molar-refractivity contribution is -0.121. The van der Waals surface area contributed by atoms with Crippen LogP contribution in [0, 0.1) is 0 Å². The number of piperazine rings is 1. The number of rotatable bonds is 6. The van der Waals surface area contributed by atoms with Crippen LogP contribution in [0.25, 0.3) is 0 Å². The number of hydrogen-bond donors (Lipinski definition) is 2. The summed E-state index contributed by atoms with van der Waals surface area (Å²) in [4.78, 5) is 16.8. The first-order valence-electron chi connectivity index (χ1n) is 8.09. The Morgan fingerprint density at radius 2 is 1.76 bits per heavy atom. The van der Waals surface area contributed by atoms with Crippen LogP contribution in [0.1, 0.15) is 18.9 Å². The summed E-state index contributed by atoms with van der Waals surface area (Å²) in [6, 6.07) is 8.12. The zero-order valence-corrected chi connectivity index (χ0v) is 17.4. The van der Waals surface area contributed by atoms with Crippen LogP contribution < -0.4 is 11.1 Å². The molecule has 8 heteroatoms. The number of amides is 1. The molecule has 1 aliphatic heterocycles. The summed E-state index contributed by atoms with van der Waals surface area (Å²) in [6.07, 6.45) is 1.19. The minimum Gasteiger partial charge on any atom is -0.399 e. The van der Waals surface area contributed by atoms with Crippen molar-refractivity contribution in [3.8, 4) is 0 Å². The number of carbonyl (C=O) groups excluding carboxylic acids is 1. The van der Waals surface area contributed by atoms with Gasteiger partial charge in [0.25, 0.3) is 0 Å². The average Bonchev–Trinajstić information content (AvgIpc) is 2.52. The van der Waals surface area contributed by atoms with Gasteiger partial charge in [0.1, 0.15) is 0 Å². The lowest BCUT2D eigenvalue weighted by Crippen LogP contribution is -2.51. The molecule has 2 rings (SSSR count). The summed E-state index contributed by atoms with van der Waals surface area (Å²) in [6.45, 7) is 7.26. The fourth-order valence-electron chi connectivity index (χ4n) is 2.75. The molecule has 25 heavy (non-hydrogen) atoms. The second-order valence-corrected chi connectivity index (χ2v) is 6.19. The van der Waals surface area contributed by atoms with E-state index in [-0.39, 0.29) is 43.1 Å². The Labute approximate surface area is 169 Å². The molecule has 0 saturated carbocycles. The van der Waals surface area contributed by atoms with Crippen molar-refractivity contribution in [1.82, 2.24) is 15.1 Å². The summed E-state index contributed by atoms with van der Waals surface area (Å²) in [7, 11) is 2.15. The molecule has 0 bridgehead atoms. The maximum absolute atomic E-state index is 12.0. The highest BCUT2D eigenvalue weighted by atomic mass is 35.5. The van der Waals surface area contributed by atoms with Crippen molar-refractivity contribution >= 4 is 48.8 Å². The zero-order chi connectivity index (χ0) is 15.9. The van der Waals surface area contributed by atoms with Gasteiger partial charge in [0, 0.05) is 50.9 Å². The normalized spacial score (nSPS) is 15.9. The van der Waals surface area contributed by atoms with Crippen LogP contribution in [-0.4, -0.2) is 61.5 Å². The maximum Gasteiger partial charge on any atom is 0.220 e. The number of nitrogens with zero attached hydrogens (tertiary/aromatic N) is 2. The minimum atomic E-state index is 0. The first-order valence-corrected chi connectivity index (χ1v) is 8.09. The van der Waals surface area contributed by atoms with Gasteiger partial charge in [0.15, 0.2) is 0 Å². The highest BCUT2D eigenvalue weighted by Crippen LogP contribution is 2.12. The molecule has 1 amide bonds. The van der Waals surface area contributed by atoms with Gasteiger partial charge in [0.2, 0.25) is 5.91 Å². The number of anilines is 1.